The molecule has 1 aromatic carbocycles. The number of benzene rings is 1. The van der Waals surface area contributed by atoms with Crippen LogP contribution >= 0.6 is 0 Å². The standard InChI is InChI=1S/C18H27N3O3/c1-18(2,3)15(22)11-21-17(23)19-9-8-12-10-20-13-6-5-7-14(24-4)16(12)13/h5-7,10,15,20,22H,8-9,11H2,1-4H3,(H2,19,21,23). The van der Waals surface area contributed by atoms with Crippen molar-refractivity contribution in [1.82, 2.24) is 15.6 Å². The summed E-state index contributed by atoms with van der Waals surface area (Å²) in [4.78, 5) is 15.0. The van der Waals surface area contributed by atoms with Gasteiger partial charge < -0.3 is 25.5 Å². The molecule has 132 valence electrons. The first-order valence-electron chi connectivity index (χ1n) is 8.15. The third kappa shape index (κ3) is 4.41. The lowest BCUT2D eigenvalue weighted by molar-refractivity contribution is 0.0650. The molecule has 1 unspecified atom stereocenters. The van der Waals surface area contributed by atoms with Crippen LogP contribution in [0.4, 0.5) is 4.79 Å². The number of carbonyl (C=O) groups is 1. The Morgan fingerprint density at radius 1 is 1.33 bits per heavy atom. The van der Waals surface area contributed by atoms with Gasteiger partial charge in [-0.15, -0.1) is 0 Å². The van der Waals surface area contributed by atoms with E-state index in [1.165, 1.54) is 0 Å². The van der Waals surface area contributed by atoms with E-state index in [1.807, 2.05) is 45.2 Å². The number of H-pyrrole nitrogens is 1. The molecule has 0 saturated carbocycles. The van der Waals surface area contributed by atoms with Crippen molar-refractivity contribution in [2.75, 3.05) is 20.2 Å². The van der Waals surface area contributed by atoms with Crippen LogP contribution in [0.2, 0.25) is 0 Å². The number of carbonyl (C=O) groups excluding carboxylic acids is 1. The highest BCUT2D eigenvalue weighted by molar-refractivity contribution is 5.89. The summed E-state index contributed by atoms with van der Waals surface area (Å²) >= 11 is 0. The van der Waals surface area contributed by atoms with Crippen LogP contribution in [0.3, 0.4) is 0 Å². The summed E-state index contributed by atoms with van der Waals surface area (Å²) in [7, 11) is 1.65. The minimum absolute atomic E-state index is 0.232. The third-order valence-electron chi connectivity index (χ3n) is 4.10. The lowest BCUT2D eigenvalue weighted by atomic mass is 9.89. The van der Waals surface area contributed by atoms with Gasteiger partial charge in [-0.2, -0.15) is 0 Å². The Morgan fingerprint density at radius 2 is 2.08 bits per heavy atom. The number of urea groups is 1. The summed E-state index contributed by atoms with van der Waals surface area (Å²) < 4.78 is 5.40. The van der Waals surface area contributed by atoms with E-state index >= 15 is 0 Å². The normalized spacial score (nSPS) is 12.9. The minimum atomic E-state index is -0.582. The first-order chi connectivity index (χ1) is 11.3. The fourth-order valence-electron chi connectivity index (χ4n) is 2.46. The third-order valence-corrected chi connectivity index (χ3v) is 4.10. The second-order valence-corrected chi connectivity index (χ2v) is 6.97. The number of ether oxygens (including phenoxy) is 1. The summed E-state index contributed by atoms with van der Waals surface area (Å²) in [5.41, 5.74) is 1.85. The van der Waals surface area contributed by atoms with Crippen LogP contribution in [-0.2, 0) is 6.42 Å². The summed E-state index contributed by atoms with van der Waals surface area (Å²) in [5.74, 6) is 0.821. The van der Waals surface area contributed by atoms with E-state index in [-0.39, 0.29) is 18.0 Å². The molecule has 0 fully saturated rings. The van der Waals surface area contributed by atoms with Crippen LogP contribution in [0, 0.1) is 5.41 Å². The SMILES string of the molecule is COc1cccc2[nH]cc(CCNC(=O)NCC(O)C(C)(C)C)c12. The van der Waals surface area contributed by atoms with Gasteiger partial charge in [-0.3, -0.25) is 0 Å². The predicted octanol–water partition coefficient (Wildman–Crippen LogP) is 2.43. The van der Waals surface area contributed by atoms with Gasteiger partial charge in [-0.05, 0) is 29.5 Å². The molecule has 2 rings (SSSR count). The Kier molecular flexibility index (Phi) is 5.72. The molecule has 1 heterocycles. The number of aromatic amines is 1. The quantitative estimate of drug-likeness (QED) is 0.655. The number of aromatic nitrogens is 1. The molecule has 0 radical (unpaired) electrons. The number of methoxy groups -OCH3 is 1. The Labute approximate surface area is 142 Å². The van der Waals surface area contributed by atoms with Gasteiger partial charge in [0, 0.05) is 30.2 Å². The summed E-state index contributed by atoms with van der Waals surface area (Å²) in [5, 5.41) is 16.5. The Bertz CT molecular complexity index is 688. The van der Waals surface area contributed by atoms with Crippen LogP contribution in [0.1, 0.15) is 26.3 Å². The van der Waals surface area contributed by atoms with Crippen LogP contribution < -0.4 is 15.4 Å². The molecule has 1 aromatic heterocycles. The van der Waals surface area contributed by atoms with E-state index in [2.05, 4.69) is 15.6 Å². The number of nitrogens with one attached hydrogen (secondary N) is 3. The average Bonchev–Trinajstić information content (AvgIpc) is 2.95. The maximum atomic E-state index is 11.8. The molecule has 0 spiro atoms. The van der Waals surface area contributed by atoms with Gasteiger partial charge in [-0.25, -0.2) is 4.79 Å². The van der Waals surface area contributed by atoms with Crippen molar-refractivity contribution in [2.45, 2.75) is 33.3 Å². The number of amides is 2. The molecular weight excluding hydrogens is 306 g/mol. The topological polar surface area (TPSA) is 86.4 Å². The first-order valence-corrected chi connectivity index (χ1v) is 8.15. The molecular formula is C18H27N3O3. The molecule has 0 aliphatic heterocycles. The van der Waals surface area contributed by atoms with Gasteiger partial charge in [0.1, 0.15) is 5.75 Å². The van der Waals surface area contributed by atoms with Crippen molar-refractivity contribution in [3.8, 4) is 5.75 Å². The highest BCUT2D eigenvalue weighted by Crippen LogP contribution is 2.28. The fraction of sp³-hybridized carbons (Fsp3) is 0.500. The van der Waals surface area contributed by atoms with Gasteiger partial charge in [0.15, 0.2) is 0 Å². The summed E-state index contributed by atoms with van der Waals surface area (Å²) in [6.45, 7) is 6.53. The van der Waals surface area contributed by atoms with Crippen LogP contribution in [0.5, 0.6) is 5.75 Å². The van der Waals surface area contributed by atoms with Gasteiger partial charge in [0.2, 0.25) is 0 Å². The van der Waals surface area contributed by atoms with Crippen molar-refractivity contribution >= 4 is 16.9 Å². The molecule has 1 atom stereocenters. The molecule has 24 heavy (non-hydrogen) atoms. The van der Waals surface area contributed by atoms with E-state index in [9.17, 15) is 9.90 Å². The number of aliphatic hydroxyl groups excluding tert-OH is 1. The molecule has 4 N–H and O–H groups in total. The highest BCUT2D eigenvalue weighted by Gasteiger charge is 2.22. The van der Waals surface area contributed by atoms with Crippen LogP contribution in [0.15, 0.2) is 24.4 Å². The fourth-order valence-corrected chi connectivity index (χ4v) is 2.46. The number of aliphatic hydroxyl groups is 1. The monoisotopic (exact) mass is 333 g/mol. The van der Waals surface area contributed by atoms with Crippen molar-refractivity contribution in [3.05, 3.63) is 30.0 Å². The smallest absolute Gasteiger partial charge is 0.314 e. The lowest BCUT2D eigenvalue weighted by Crippen LogP contribution is -2.44. The van der Waals surface area contributed by atoms with Crippen molar-refractivity contribution in [2.24, 2.45) is 5.41 Å². The molecule has 2 aromatic rings. The van der Waals surface area contributed by atoms with E-state index in [1.54, 1.807) is 7.11 Å². The maximum absolute atomic E-state index is 11.8. The highest BCUT2D eigenvalue weighted by atomic mass is 16.5. The van der Waals surface area contributed by atoms with Gasteiger partial charge in [0.05, 0.1) is 13.2 Å². The molecule has 0 aliphatic carbocycles. The van der Waals surface area contributed by atoms with Gasteiger partial charge >= 0.3 is 6.03 Å². The van der Waals surface area contributed by atoms with E-state index < -0.39 is 6.10 Å². The number of rotatable bonds is 6. The zero-order valence-corrected chi connectivity index (χ0v) is 14.8. The number of fused-ring (bicyclic) bond motifs is 1. The lowest BCUT2D eigenvalue weighted by Gasteiger charge is -2.25. The summed E-state index contributed by atoms with van der Waals surface area (Å²) in [6.07, 6.45) is 2.05. The Balaban J connectivity index is 1.85. The second kappa shape index (κ2) is 7.57. The van der Waals surface area contributed by atoms with Gasteiger partial charge in [-0.1, -0.05) is 26.8 Å². The summed E-state index contributed by atoms with van der Waals surface area (Å²) in [6, 6.07) is 5.58. The Hall–Kier alpha value is -2.21. The average molecular weight is 333 g/mol. The van der Waals surface area contributed by atoms with Crippen LogP contribution in [0.25, 0.3) is 10.9 Å². The van der Waals surface area contributed by atoms with Crippen molar-refractivity contribution in [3.63, 3.8) is 0 Å². The minimum Gasteiger partial charge on any atom is -0.496 e. The van der Waals surface area contributed by atoms with Gasteiger partial charge in [0.25, 0.3) is 0 Å². The zero-order valence-electron chi connectivity index (χ0n) is 14.8. The van der Waals surface area contributed by atoms with Crippen molar-refractivity contribution in [1.29, 1.82) is 0 Å². The zero-order chi connectivity index (χ0) is 17.7. The number of hydrogen-bond acceptors (Lipinski definition) is 3. The van der Waals surface area contributed by atoms with E-state index in [0.29, 0.717) is 13.0 Å². The maximum Gasteiger partial charge on any atom is 0.314 e. The van der Waals surface area contributed by atoms with E-state index in [0.717, 1.165) is 22.2 Å². The molecule has 2 amide bonds. The van der Waals surface area contributed by atoms with Crippen molar-refractivity contribution < 1.29 is 14.6 Å². The Morgan fingerprint density at radius 3 is 2.75 bits per heavy atom. The largest absolute Gasteiger partial charge is 0.496 e. The predicted molar refractivity (Wildman–Crippen MR) is 95.4 cm³/mol. The molecule has 0 bridgehead atoms. The molecule has 0 saturated heterocycles. The van der Waals surface area contributed by atoms with Crippen LogP contribution in [-0.4, -0.2) is 42.4 Å². The molecule has 0 aliphatic rings. The number of hydrogen-bond donors (Lipinski definition) is 4. The molecule has 6 nitrogen and oxygen atoms in total. The first kappa shape index (κ1) is 18.1. The van der Waals surface area contributed by atoms with E-state index in [4.69, 9.17) is 4.74 Å². The molecule has 6 heteroatoms. The second-order valence-electron chi connectivity index (χ2n) is 6.97.